The van der Waals surface area contributed by atoms with Crippen LogP contribution in [0.4, 0.5) is 10.5 Å². The van der Waals surface area contributed by atoms with Gasteiger partial charge in [-0.25, -0.2) is 18.4 Å². The van der Waals surface area contributed by atoms with Crippen LogP contribution in [0.15, 0.2) is 21.9 Å². The molecule has 0 fully saturated rings. The molecule has 86 valence electrons. The summed E-state index contributed by atoms with van der Waals surface area (Å²) in [7, 11) is -3.87. The molecule has 2 amide bonds. The molecule has 0 saturated carbocycles. The number of hydrogen-bond acceptors (Lipinski definition) is 4. The average molecular weight is 280 g/mol. The van der Waals surface area contributed by atoms with Crippen molar-refractivity contribution in [3.8, 4) is 0 Å². The summed E-state index contributed by atoms with van der Waals surface area (Å²) < 4.78 is 24.8. The van der Waals surface area contributed by atoms with Crippen LogP contribution in [0.3, 0.4) is 0 Å². The molecule has 0 spiro atoms. The summed E-state index contributed by atoms with van der Waals surface area (Å²) in [5, 5.41) is 7.45. The van der Waals surface area contributed by atoms with Crippen molar-refractivity contribution < 1.29 is 13.2 Å². The van der Waals surface area contributed by atoms with E-state index in [0.29, 0.717) is 10.6 Å². The van der Waals surface area contributed by atoms with Crippen molar-refractivity contribution >= 4 is 45.3 Å². The number of sulfonamides is 1. The van der Waals surface area contributed by atoms with Crippen molar-refractivity contribution in [3.63, 3.8) is 0 Å². The lowest BCUT2D eigenvalue weighted by Crippen LogP contribution is -2.27. The Kier molecular flexibility index (Phi) is 2.74. The highest BCUT2D eigenvalue weighted by molar-refractivity contribution is 7.98. The van der Waals surface area contributed by atoms with Gasteiger partial charge in [0.25, 0.3) is 0 Å². The highest BCUT2D eigenvalue weighted by Gasteiger charge is 2.21. The minimum absolute atomic E-state index is 0.0240. The summed E-state index contributed by atoms with van der Waals surface area (Å²) in [5.74, 6) is 0. The van der Waals surface area contributed by atoms with Crippen molar-refractivity contribution in [2.24, 2.45) is 5.14 Å². The molecule has 0 unspecified atom stereocenters. The van der Waals surface area contributed by atoms with E-state index in [1.165, 1.54) is 12.1 Å². The number of benzene rings is 1. The second-order valence-electron chi connectivity index (χ2n) is 2.98. The Morgan fingerprint density at radius 3 is 2.69 bits per heavy atom. The van der Waals surface area contributed by atoms with Gasteiger partial charge < -0.3 is 5.32 Å². The number of carbonyl (C=O) groups is 1. The molecule has 1 heterocycles. The van der Waals surface area contributed by atoms with E-state index in [1.807, 2.05) is 0 Å². The molecule has 1 aliphatic heterocycles. The molecule has 16 heavy (non-hydrogen) atoms. The first-order valence-electron chi connectivity index (χ1n) is 3.98. The lowest BCUT2D eigenvalue weighted by molar-refractivity contribution is 0.257. The molecule has 1 aliphatic rings. The van der Waals surface area contributed by atoms with Crippen molar-refractivity contribution in [1.82, 2.24) is 4.72 Å². The number of nitrogens with one attached hydrogen (secondary N) is 2. The van der Waals surface area contributed by atoms with Crippen molar-refractivity contribution in [2.45, 2.75) is 9.79 Å². The Morgan fingerprint density at radius 2 is 2.06 bits per heavy atom. The average Bonchev–Trinajstić information content (AvgIpc) is 2.14. The largest absolute Gasteiger partial charge is 0.329 e. The summed E-state index contributed by atoms with van der Waals surface area (Å²) in [6, 6.07) is 2.27. The van der Waals surface area contributed by atoms with E-state index in [9.17, 15) is 13.2 Å². The number of carbonyl (C=O) groups excluding carboxylic acids is 1. The van der Waals surface area contributed by atoms with Crippen LogP contribution in [0.5, 0.6) is 0 Å². The second kappa shape index (κ2) is 3.81. The maximum absolute atomic E-state index is 11.2. The van der Waals surface area contributed by atoms with E-state index in [-0.39, 0.29) is 9.92 Å². The predicted octanol–water partition coefficient (Wildman–Crippen LogP) is 1.13. The van der Waals surface area contributed by atoms with Crippen molar-refractivity contribution in [3.05, 3.63) is 17.2 Å². The second-order valence-corrected chi connectivity index (χ2v) is 5.77. The summed E-state index contributed by atoms with van der Waals surface area (Å²) in [6.07, 6.45) is 0. The van der Waals surface area contributed by atoms with Gasteiger partial charge in [0.2, 0.25) is 10.0 Å². The summed E-state index contributed by atoms with van der Waals surface area (Å²) in [4.78, 5) is 11.4. The van der Waals surface area contributed by atoms with Crippen molar-refractivity contribution in [1.29, 1.82) is 0 Å². The topological polar surface area (TPSA) is 101 Å². The first kappa shape index (κ1) is 11.5. The summed E-state index contributed by atoms with van der Waals surface area (Å²) in [6.45, 7) is 0. The third-order valence-electron chi connectivity index (χ3n) is 1.84. The number of nitrogens with two attached hydrogens (primary N) is 1. The first-order valence-corrected chi connectivity index (χ1v) is 6.72. The number of rotatable bonds is 1. The summed E-state index contributed by atoms with van der Waals surface area (Å²) in [5.41, 5.74) is 0.450. The molecule has 1 aromatic rings. The van der Waals surface area contributed by atoms with Crippen LogP contribution in [0.1, 0.15) is 0 Å². The number of anilines is 1. The number of fused-ring (bicyclic) bond motifs is 1. The Morgan fingerprint density at radius 1 is 1.38 bits per heavy atom. The van der Waals surface area contributed by atoms with E-state index in [4.69, 9.17) is 16.7 Å². The Bertz CT molecular complexity index is 572. The van der Waals surface area contributed by atoms with Gasteiger partial charge in [0.1, 0.15) is 4.90 Å². The van der Waals surface area contributed by atoms with Crippen LogP contribution >= 0.6 is 23.5 Å². The van der Waals surface area contributed by atoms with Gasteiger partial charge in [-0.05, 0) is 24.1 Å². The monoisotopic (exact) mass is 279 g/mol. The van der Waals surface area contributed by atoms with Crippen molar-refractivity contribution in [2.75, 3.05) is 5.32 Å². The molecule has 2 rings (SSSR count). The van der Waals surface area contributed by atoms with Gasteiger partial charge >= 0.3 is 6.03 Å². The number of urea groups is 1. The highest BCUT2D eigenvalue weighted by Crippen LogP contribution is 2.35. The van der Waals surface area contributed by atoms with Crippen LogP contribution in [-0.2, 0) is 10.0 Å². The number of halogens is 1. The Hall–Kier alpha value is -0.960. The quantitative estimate of drug-likeness (QED) is 0.671. The van der Waals surface area contributed by atoms with Gasteiger partial charge in [0, 0.05) is 0 Å². The molecule has 0 aliphatic carbocycles. The highest BCUT2D eigenvalue weighted by atomic mass is 35.5. The molecule has 6 nitrogen and oxygen atoms in total. The number of hydrogen-bond donors (Lipinski definition) is 3. The summed E-state index contributed by atoms with van der Waals surface area (Å²) >= 11 is 6.75. The third kappa shape index (κ3) is 2.09. The molecule has 0 aromatic heterocycles. The van der Waals surface area contributed by atoms with Gasteiger partial charge in [0.15, 0.2) is 0 Å². The zero-order valence-corrected chi connectivity index (χ0v) is 10.0. The molecule has 0 radical (unpaired) electrons. The van der Waals surface area contributed by atoms with Gasteiger partial charge in [-0.2, -0.15) is 0 Å². The smallest absolute Gasteiger partial charge is 0.306 e. The minimum atomic E-state index is -3.87. The molecule has 1 aromatic carbocycles. The van der Waals surface area contributed by atoms with E-state index in [1.54, 1.807) is 0 Å². The first-order chi connectivity index (χ1) is 7.38. The SMILES string of the molecule is NS(=O)(=O)c1cc2c(cc1Cl)NC(=O)NS2. The molecular weight excluding hydrogens is 274 g/mol. The van der Waals surface area contributed by atoms with Crippen LogP contribution in [-0.4, -0.2) is 14.4 Å². The number of primary sulfonamides is 1. The maximum atomic E-state index is 11.2. The predicted molar refractivity (Wildman–Crippen MR) is 60.8 cm³/mol. The fourth-order valence-electron chi connectivity index (χ4n) is 1.18. The van der Waals surface area contributed by atoms with E-state index >= 15 is 0 Å². The molecular formula is C7H6ClN3O3S2. The van der Waals surface area contributed by atoms with Gasteiger partial charge in [0.05, 0.1) is 15.6 Å². The Balaban J connectivity index is 2.59. The van der Waals surface area contributed by atoms with Crippen LogP contribution in [0, 0.1) is 0 Å². The molecule has 0 saturated heterocycles. The molecule has 0 bridgehead atoms. The fraction of sp³-hybridized carbons (Fsp3) is 0. The molecule has 0 atom stereocenters. The molecule has 4 N–H and O–H groups in total. The maximum Gasteiger partial charge on any atom is 0.329 e. The zero-order valence-electron chi connectivity index (χ0n) is 7.65. The minimum Gasteiger partial charge on any atom is -0.306 e. The van der Waals surface area contributed by atoms with E-state index < -0.39 is 16.1 Å². The van der Waals surface area contributed by atoms with E-state index in [0.717, 1.165) is 11.9 Å². The molecule has 9 heteroatoms. The van der Waals surface area contributed by atoms with E-state index in [2.05, 4.69) is 10.0 Å². The van der Waals surface area contributed by atoms with Gasteiger partial charge in [-0.1, -0.05) is 11.6 Å². The van der Waals surface area contributed by atoms with Gasteiger partial charge in [-0.15, -0.1) is 0 Å². The van der Waals surface area contributed by atoms with Crippen LogP contribution < -0.4 is 15.2 Å². The van der Waals surface area contributed by atoms with Crippen LogP contribution in [0.25, 0.3) is 0 Å². The third-order valence-corrected chi connectivity index (χ3v) is 4.06. The lowest BCUT2D eigenvalue weighted by atomic mass is 10.3. The lowest BCUT2D eigenvalue weighted by Gasteiger charge is -2.18. The fourth-order valence-corrected chi connectivity index (χ4v) is 3.01. The number of amides is 2. The zero-order chi connectivity index (χ0) is 11.9. The standard InChI is InChI=1S/C7H6ClN3O3S2/c8-3-1-4-5(15-11-7(12)10-4)2-6(3)16(9,13)14/h1-2H,(H2,9,13,14)(H2,10,11,12). The Labute approximate surface area is 101 Å². The van der Waals surface area contributed by atoms with Gasteiger partial charge in [-0.3, -0.25) is 4.72 Å². The normalized spacial score (nSPS) is 15.0. The van der Waals surface area contributed by atoms with Crippen LogP contribution in [0.2, 0.25) is 5.02 Å².